The fourth-order valence-corrected chi connectivity index (χ4v) is 2.74. The van der Waals surface area contributed by atoms with E-state index in [-0.39, 0.29) is 5.97 Å². The molecule has 1 N–H and O–H groups in total. The Morgan fingerprint density at radius 2 is 2.24 bits per heavy atom. The van der Waals surface area contributed by atoms with Crippen LogP contribution in [0.4, 0.5) is 0 Å². The van der Waals surface area contributed by atoms with E-state index in [9.17, 15) is 4.79 Å². The van der Waals surface area contributed by atoms with Crippen molar-refractivity contribution in [1.82, 2.24) is 4.57 Å². The average Bonchev–Trinajstić information content (AvgIpc) is 2.64. The third kappa shape index (κ3) is 2.10. The molecule has 90 valence electrons. The molecule has 0 radical (unpaired) electrons. The molecule has 5 heteroatoms. The maximum atomic E-state index is 11.7. The van der Waals surface area contributed by atoms with E-state index in [2.05, 4.69) is 0 Å². The van der Waals surface area contributed by atoms with Crippen LogP contribution < -0.4 is 4.80 Å². The van der Waals surface area contributed by atoms with Crippen LogP contribution in [0.15, 0.2) is 24.3 Å². The Morgan fingerprint density at radius 1 is 1.53 bits per heavy atom. The summed E-state index contributed by atoms with van der Waals surface area (Å²) in [4.78, 5) is 12.1. The number of nitrogens with zero attached hydrogens (tertiary/aromatic N) is 1. The predicted molar refractivity (Wildman–Crippen MR) is 67.0 cm³/mol. The second kappa shape index (κ2) is 4.71. The summed E-state index contributed by atoms with van der Waals surface area (Å²) in [6.07, 6.45) is 0. The lowest BCUT2D eigenvalue weighted by atomic mass is 10.3. The highest BCUT2D eigenvalue weighted by Gasteiger charge is 2.19. The first-order valence-electron chi connectivity index (χ1n) is 5.46. The Kier molecular flexibility index (Phi) is 3.28. The number of nitrogens with one attached hydrogen (secondary N) is 1. The van der Waals surface area contributed by atoms with E-state index in [0.717, 1.165) is 10.2 Å². The summed E-state index contributed by atoms with van der Waals surface area (Å²) in [5.41, 5.74) is 0.906. The van der Waals surface area contributed by atoms with Crippen molar-refractivity contribution < 1.29 is 9.53 Å². The molecule has 4 nitrogen and oxygen atoms in total. The van der Waals surface area contributed by atoms with E-state index in [4.69, 9.17) is 10.1 Å². The molecule has 0 saturated carbocycles. The van der Waals surface area contributed by atoms with Gasteiger partial charge in [-0.05, 0) is 26.0 Å². The van der Waals surface area contributed by atoms with Gasteiger partial charge >= 0.3 is 5.97 Å². The van der Waals surface area contributed by atoms with Gasteiger partial charge in [-0.1, -0.05) is 23.5 Å². The molecule has 1 heterocycles. The van der Waals surface area contributed by atoms with Gasteiger partial charge in [0, 0.05) is 0 Å². The van der Waals surface area contributed by atoms with Crippen molar-refractivity contribution in [3.8, 4) is 0 Å². The molecule has 17 heavy (non-hydrogen) atoms. The average molecular weight is 250 g/mol. The monoisotopic (exact) mass is 250 g/mol. The Hall–Kier alpha value is -1.62. The molecule has 0 spiro atoms. The number of aromatic nitrogens is 1. The van der Waals surface area contributed by atoms with Crippen LogP contribution in [0.1, 0.15) is 19.9 Å². The van der Waals surface area contributed by atoms with Gasteiger partial charge in [-0.15, -0.1) is 0 Å². The number of esters is 1. The molecule has 0 aliphatic rings. The van der Waals surface area contributed by atoms with Crippen LogP contribution >= 0.6 is 11.3 Å². The number of thiazole rings is 1. The summed E-state index contributed by atoms with van der Waals surface area (Å²) in [5.74, 6) is -0.297. The van der Waals surface area contributed by atoms with E-state index in [1.165, 1.54) is 11.3 Å². The largest absolute Gasteiger partial charge is 0.464 e. The van der Waals surface area contributed by atoms with Crippen molar-refractivity contribution in [2.24, 2.45) is 0 Å². The van der Waals surface area contributed by atoms with Crippen LogP contribution in [0.2, 0.25) is 0 Å². The third-order valence-electron chi connectivity index (χ3n) is 2.57. The maximum Gasteiger partial charge on any atom is 0.328 e. The van der Waals surface area contributed by atoms with E-state index in [1.54, 1.807) is 18.4 Å². The zero-order valence-corrected chi connectivity index (χ0v) is 10.6. The van der Waals surface area contributed by atoms with Crippen molar-refractivity contribution in [2.45, 2.75) is 19.9 Å². The molecule has 0 aliphatic heterocycles. The van der Waals surface area contributed by atoms with Crippen LogP contribution in [-0.2, 0) is 9.53 Å². The first-order chi connectivity index (χ1) is 8.15. The summed E-state index contributed by atoms with van der Waals surface area (Å²) in [5, 5.41) is 7.93. The lowest BCUT2D eigenvalue weighted by Gasteiger charge is -2.13. The number of para-hydroxylation sites is 1. The second-order valence-corrected chi connectivity index (χ2v) is 4.70. The highest BCUT2D eigenvalue weighted by Crippen LogP contribution is 2.20. The maximum absolute atomic E-state index is 11.7. The topological polar surface area (TPSA) is 55.1 Å². The van der Waals surface area contributed by atoms with Gasteiger partial charge in [0.2, 0.25) is 0 Å². The second-order valence-electron chi connectivity index (χ2n) is 3.67. The number of rotatable bonds is 3. The zero-order chi connectivity index (χ0) is 12.4. The quantitative estimate of drug-likeness (QED) is 0.850. The Labute approximate surface area is 103 Å². The molecular weight excluding hydrogens is 236 g/mol. The SMILES string of the molecule is CCOC(=O)[C@@H](C)n1c(=N)sc2ccccc21. The molecule has 0 saturated heterocycles. The highest BCUT2D eigenvalue weighted by atomic mass is 32.1. The molecule has 0 bridgehead atoms. The van der Waals surface area contributed by atoms with Gasteiger partial charge in [-0.25, -0.2) is 4.79 Å². The summed E-state index contributed by atoms with van der Waals surface area (Å²) < 4.78 is 7.71. The first-order valence-corrected chi connectivity index (χ1v) is 6.28. The van der Waals surface area contributed by atoms with Gasteiger partial charge in [0.05, 0.1) is 16.8 Å². The van der Waals surface area contributed by atoms with Gasteiger partial charge in [0.25, 0.3) is 0 Å². The fraction of sp³-hybridized carbons (Fsp3) is 0.333. The standard InChI is InChI=1S/C12H14N2O2S/c1-3-16-11(15)8(2)14-9-6-4-5-7-10(9)17-12(14)13/h4-8,13H,3H2,1-2H3/t8-/m1/s1. The van der Waals surface area contributed by atoms with Crippen molar-refractivity contribution in [2.75, 3.05) is 6.61 Å². The summed E-state index contributed by atoms with van der Waals surface area (Å²) in [7, 11) is 0. The summed E-state index contributed by atoms with van der Waals surface area (Å²) in [6, 6.07) is 7.24. The van der Waals surface area contributed by atoms with E-state index in [0.29, 0.717) is 11.4 Å². The minimum Gasteiger partial charge on any atom is -0.464 e. The van der Waals surface area contributed by atoms with Gasteiger partial charge < -0.3 is 9.30 Å². The number of hydrogen-bond acceptors (Lipinski definition) is 4. The minimum absolute atomic E-state index is 0.297. The molecule has 1 aromatic carbocycles. The van der Waals surface area contributed by atoms with Gasteiger partial charge in [0.1, 0.15) is 6.04 Å². The van der Waals surface area contributed by atoms with Crippen LogP contribution in [-0.4, -0.2) is 17.1 Å². The first kappa shape index (κ1) is 11.9. The van der Waals surface area contributed by atoms with Crippen molar-refractivity contribution in [3.63, 3.8) is 0 Å². The Balaban J connectivity index is 2.51. The summed E-state index contributed by atoms with van der Waals surface area (Å²) >= 11 is 1.36. The van der Waals surface area contributed by atoms with E-state index < -0.39 is 6.04 Å². The van der Waals surface area contributed by atoms with Crippen LogP contribution in [0.3, 0.4) is 0 Å². The van der Waals surface area contributed by atoms with Gasteiger partial charge in [0.15, 0.2) is 4.80 Å². The molecule has 0 amide bonds. The molecule has 0 aliphatic carbocycles. The number of carbonyl (C=O) groups is 1. The normalized spacial score (nSPS) is 12.6. The van der Waals surface area contributed by atoms with E-state index in [1.807, 2.05) is 24.3 Å². The zero-order valence-electron chi connectivity index (χ0n) is 9.77. The lowest BCUT2D eigenvalue weighted by molar-refractivity contribution is -0.146. The lowest BCUT2D eigenvalue weighted by Crippen LogP contribution is -2.25. The molecule has 2 aromatic rings. The van der Waals surface area contributed by atoms with Gasteiger partial charge in [-0.3, -0.25) is 5.41 Å². The number of ether oxygens (including phenoxy) is 1. The Bertz CT molecular complexity index is 600. The third-order valence-corrected chi connectivity index (χ3v) is 3.52. The van der Waals surface area contributed by atoms with Crippen LogP contribution in [0.25, 0.3) is 10.2 Å². The smallest absolute Gasteiger partial charge is 0.328 e. The molecule has 0 unspecified atom stereocenters. The van der Waals surface area contributed by atoms with Crippen molar-refractivity contribution in [3.05, 3.63) is 29.1 Å². The number of benzene rings is 1. The van der Waals surface area contributed by atoms with E-state index >= 15 is 0 Å². The predicted octanol–water partition coefficient (Wildman–Crippen LogP) is 2.31. The molecule has 1 aromatic heterocycles. The minimum atomic E-state index is -0.460. The van der Waals surface area contributed by atoms with Crippen molar-refractivity contribution in [1.29, 1.82) is 5.41 Å². The number of fused-ring (bicyclic) bond motifs is 1. The van der Waals surface area contributed by atoms with Crippen LogP contribution in [0, 0.1) is 5.41 Å². The van der Waals surface area contributed by atoms with Crippen molar-refractivity contribution >= 4 is 27.5 Å². The number of hydrogen-bond donors (Lipinski definition) is 1. The summed E-state index contributed by atoms with van der Waals surface area (Å²) in [6.45, 7) is 3.90. The fourth-order valence-electron chi connectivity index (χ4n) is 1.76. The molecule has 2 rings (SSSR count). The molecule has 1 atom stereocenters. The Morgan fingerprint density at radius 3 is 2.94 bits per heavy atom. The van der Waals surface area contributed by atoms with Crippen LogP contribution in [0.5, 0.6) is 0 Å². The number of carbonyl (C=O) groups excluding carboxylic acids is 1. The van der Waals surface area contributed by atoms with Gasteiger partial charge in [-0.2, -0.15) is 0 Å². The molecular formula is C12H14N2O2S. The highest BCUT2D eigenvalue weighted by molar-refractivity contribution is 7.16. The molecule has 0 fully saturated rings.